The molecule has 25 heavy (non-hydrogen) atoms. The fourth-order valence-corrected chi connectivity index (χ4v) is 3.24. The number of rotatable bonds is 0. The van der Waals surface area contributed by atoms with Crippen LogP contribution in [-0.4, -0.2) is 43.6 Å². The summed E-state index contributed by atoms with van der Waals surface area (Å²) in [5.74, 6) is 0. The maximum atomic E-state index is 4.25. The normalized spacial score (nSPS) is 16.6. The van der Waals surface area contributed by atoms with Gasteiger partial charge < -0.3 is 9.80 Å². The minimum Gasteiger partial charge on any atom is -0.372 e. The van der Waals surface area contributed by atoms with Gasteiger partial charge in [0.2, 0.25) is 0 Å². The first kappa shape index (κ1) is 26.1. The second-order valence-electron chi connectivity index (χ2n) is 6.04. The molecule has 0 bridgehead atoms. The van der Waals surface area contributed by atoms with Gasteiger partial charge in [-0.3, -0.25) is 4.98 Å². The lowest BCUT2D eigenvalue weighted by atomic mass is 9.75. The number of piperidine rings is 1. The molecule has 1 fully saturated rings. The number of likely N-dealkylation sites (N-methyl/N-ethyl adjacent to an activating group) is 1. The van der Waals surface area contributed by atoms with Gasteiger partial charge in [0.1, 0.15) is 0 Å². The van der Waals surface area contributed by atoms with Gasteiger partial charge in [-0.05, 0) is 44.6 Å². The van der Waals surface area contributed by atoms with Crippen LogP contribution in [0.5, 0.6) is 0 Å². The van der Waals surface area contributed by atoms with Gasteiger partial charge in [0.25, 0.3) is 0 Å². The molecule has 0 saturated carbocycles. The number of hydrogen-bond acceptors (Lipinski definition) is 3. The van der Waals surface area contributed by atoms with Gasteiger partial charge in [-0.15, -0.1) is 0 Å². The summed E-state index contributed by atoms with van der Waals surface area (Å²) in [6.45, 7) is 19.9. The quantitative estimate of drug-likeness (QED) is 0.572. The van der Waals surface area contributed by atoms with Gasteiger partial charge >= 0.3 is 0 Å². The van der Waals surface area contributed by atoms with E-state index in [1.807, 2.05) is 53.9 Å². The number of pyridine rings is 1. The van der Waals surface area contributed by atoms with Gasteiger partial charge in [-0.2, -0.15) is 0 Å². The SMILES string of the molecule is CC.CC.CC.CCC.CN1CCC2(CC1)CN(C)c1cnccc12. The lowest BCUT2D eigenvalue weighted by Gasteiger charge is -2.38. The first-order chi connectivity index (χ1) is 12.1. The highest BCUT2D eigenvalue weighted by Gasteiger charge is 2.42. The molecule has 1 aromatic rings. The van der Waals surface area contributed by atoms with Crippen LogP contribution in [0.1, 0.15) is 80.2 Å². The summed E-state index contributed by atoms with van der Waals surface area (Å²) in [6.07, 6.45) is 7.77. The van der Waals surface area contributed by atoms with Crippen LogP contribution < -0.4 is 4.90 Å². The Hall–Kier alpha value is -1.09. The van der Waals surface area contributed by atoms with E-state index in [9.17, 15) is 0 Å². The first-order valence-corrected chi connectivity index (χ1v) is 10.5. The summed E-state index contributed by atoms with van der Waals surface area (Å²) >= 11 is 0. The van der Waals surface area contributed by atoms with E-state index in [2.05, 4.69) is 48.8 Å². The Kier molecular flexibility index (Phi) is 15.9. The van der Waals surface area contributed by atoms with E-state index in [4.69, 9.17) is 0 Å². The largest absolute Gasteiger partial charge is 0.372 e. The van der Waals surface area contributed by atoms with Gasteiger partial charge in [-0.1, -0.05) is 61.8 Å². The van der Waals surface area contributed by atoms with Crippen molar-refractivity contribution in [1.29, 1.82) is 0 Å². The molecule has 1 aromatic heterocycles. The van der Waals surface area contributed by atoms with E-state index >= 15 is 0 Å². The van der Waals surface area contributed by atoms with Crippen LogP contribution >= 0.6 is 0 Å². The predicted molar refractivity (Wildman–Crippen MR) is 116 cm³/mol. The number of likely N-dealkylation sites (tertiary alicyclic amines) is 1. The summed E-state index contributed by atoms with van der Waals surface area (Å²) in [4.78, 5) is 9.05. The van der Waals surface area contributed by atoms with Gasteiger partial charge in [0.05, 0.1) is 11.9 Å². The molecule has 0 radical (unpaired) electrons. The molecule has 2 aliphatic heterocycles. The molecule has 3 heterocycles. The van der Waals surface area contributed by atoms with Gasteiger partial charge in [0, 0.05) is 25.2 Å². The summed E-state index contributed by atoms with van der Waals surface area (Å²) in [5, 5.41) is 0. The van der Waals surface area contributed by atoms with Crippen molar-refractivity contribution in [2.75, 3.05) is 38.6 Å². The number of anilines is 1. The van der Waals surface area contributed by atoms with Gasteiger partial charge in [-0.25, -0.2) is 0 Å². The molecule has 3 heteroatoms. The molecule has 0 unspecified atom stereocenters. The van der Waals surface area contributed by atoms with Crippen LogP contribution in [-0.2, 0) is 5.41 Å². The lowest BCUT2D eigenvalue weighted by molar-refractivity contribution is 0.197. The van der Waals surface area contributed by atoms with E-state index in [1.165, 1.54) is 50.1 Å². The molecule has 2 aliphatic rings. The van der Waals surface area contributed by atoms with E-state index in [1.54, 1.807) is 0 Å². The van der Waals surface area contributed by atoms with Crippen LogP contribution in [0.3, 0.4) is 0 Å². The van der Waals surface area contributed by atoms with Crippen LogP contribution in [0.4, 0.5) is 5.69 Å². The lowest BCUT2D eigenvalue weighted by Crippen LogP contribution is -2.43. The molecule has 0 amide bonds. The highest BCUT2D eigenvalue weighted by atomic mass is 15.2. The standard InChI is InChI=1S/C13H19N3.C3H8.3C2H6/c1-15-7-4-13(5-8-15)10-16(2)12-9-14-6-3-11(12)13;1-3-2;3*1-2/h3,6,9H,4-5,7-8,10H2,1-2H3;3H2,1-2H3;3*1-2H3. The molecule has 3 rings (SSSR count). The van der Waals surface area contributed by atoms with Crippen LogP contribution in [0.2, 0.25) is 0 Å². The van der Waals surface area contributed by atoms with Crippen LogP contribution in [0.15, 0.2) is 18.5 Å². The molecule has 0 aromatic carbocycles. The maximum absolute atomic E-state index is 4.25. The zero-order chi connectivity index (χ0) is 19.9. The Bertz CT molecular complexity index is 409. The van der Waals surface area contributed by atoms with Gasteiger partial charge in [0.15, 0.2) is 0 Å². The molecule has 148 valence electrons. The molecular weight excluding hydrogens is 306 g/mol. The number of fused-ring (bicyclic) bond motifs is 2. The monoisotopic (exact) mass is 351 g/mol. The van der Waals surface area contributed by atoms with Crippen LogP contribution in [0.25, 0.3) is 0 Å². The Morgan fingerprint density at radius 2 is 1.44 bits per heavy atom. The predicted octanol–water partition coefficient (Wildman–Crippen LogP) is 5.99. The second kappa shape index (κ2) is 15.2. The number of nitrogens with zero attached hydrogens (tertiary/aromatic N) is 3. The first-order valence-electron chi connectivity index (χ1n) is 10.5. The van der Waals surface area contributed by atoms with Crippen molar-refractivity contribution in [1.82, 2.24) is 9.88 Å². The Morgan fingerprint density at radius 1 is 0.960 bits per heavy atom. The fourth-order valence-electron chi connectivity index (χ4n) is 3.24. The van der Waals surface area contributed by atoms with E-state index < -0.39 is 0 Å². The molecule has 0 N–H and O–H groups in total. The zero-order valence-electron chi connectivity index (χ0n) is 18.8. The summed E-state index contributed by atoms with van der Waals surface area (Å²) < 4.78 is 0. The van der Waals surface area contributed by atoms with E-state index in [0.29, 0.717) is 5.41 Å². The number of aromatic nitrogens is 1. The number of hydrogen-bond donors (Lipinski definition) is 0. The van der Waals surface area contributed by atoms with Crippen molar-refractivity contribution in [3.63, 3.8) is 0 Å². The average molecular weight is 352 g/mol. The zero-order valence-corrected chi connectivity index (χ0v) is 18.8. The van der Waals surface area contributed by atoms with E-state index in [-0.39, 0.29) is 0 Å². The third-order valence-corrected chi connectivity index (χ3v) is 4.27. The van der Waals surface area contributed by atoms with Crippen LogP contribution in [0, 0.1) is 0 Å². The summed E-state index contributed by atoms with van der Waals surface area (Å²) in [5.41, 5.74) is 3.27. The van der Waals surface area contributed by atoms with Crippen molar-refractivity contribution < 1.29 is 0 Å². The topological polar surface area (TPSA) is 19.4 Å². The highest BCUT2D eigenvalue weighted by molar-refractivity contribution is 5.60. The van der Waals surface area contributed by atoms with Crippen molar-refractivity contribution >= 4 is 5.69 Å². The van der Waals surface area contributed by atoms with Crippen molar-refractivity contribution in [2.45, 2.75) is 80.1 Å². The summed E-state index contributed by atoms with van der Waals surface area (Å²) in [6, 6.07) is 2.23. The van der Waals surface area contributed by atoms with Crippen molar-refractivity contribution in [2.24, 2.45) is 0 Å². The third kappa shape index (κ3) is 7.35. The Labute approximate surface area is 158 Å². The molecule has 1 saturated heterocycles. The third-order valence-electron chi connectivity index (χ3n) is 4.27. The molecule has 0 atom stereocenters. The van der Waals surface area contributed by atoms with Crippen molar-refractivity contribution in [3.05, 3.63) is 24.0 Å². The second-order valence-corrected chi connectivity index (χ2v) is 6.04. The summed E-state index contributed by atoms with van der Waals surface area (Å²) in [7, 11) is 4.41. The molecular formula is C22H45N3. The van der Waals surface area contributed by atoms with Crippen molar-refractivity contribution in [3.8, 4) is 0 Å². The highest BCUT2D eigenvalue weighted by Crippen LogP contribution is 2.45. The Morgan fingerprint density at radius 3 is 1.92 bits per heavy atom. The molecule has 0 aliphatic carbocycles. The Balaban J connectivity index is 0. The minimum absolute atomic E-state index is 0.402. The maximum Gasteiger partial charge on any atom is 0.0589 e. The smallest absolute Gasteiger partial charge is 0.0589 e. The molecule has 1 spiro atoms. The minimum atomic E-state index is 0.402. The average Bonchev–Trinajstić information content (AvgIpc) is 2.96. The molecule has 3 nitrogen and oxygen atoms in total. The fraction of sp³-hybridized carbons (Fsp3) is 0.773. The van der Waals surface area contributed by atoms with E-state index in [0.717, 1.165) is 0 Å².